The molecule has 1 aliphatic carbocycles. The van der Waals surface area contributed by atoms with Crippen molar-refractivity contribution >= 4 is 34.2 Å². The van der Waals surface area contributed by atoms with Crippen LogP contribution in [0.1, 0.15) is 19.3 Å². The van der Waals surface area contributed by atoms with E-state index in [0.717, 1.165) is 27.7 Å². The molecular formula is C14H18N4S. The van der Waals surface area contributed by atoms with Crippen LogP contribution in [-0.2, 0) is 0 Å². The molecular weight excluding hydrogens is 256 g/mol. The standard InChI is InChI=1S/C14H18N4S/c1-19-11-4-3-10(7-11)18-14-12-5-2-9(15)6-13(12)16-8-17-14/h2,5-6,8,10-11H,3-4,7,15H2,1H3,(H,16,17,18). The van der Waals surface area contributed by atoms with Crippen molar-refractivity contribution in [3.05, 3.63) is 24.5 Å². The fraction of sp³-hybridized carbons (Fsp3) is 0.429. The highest BCUT2D eigenvalue weighted by Crippen LogP contribution is 2.31. The molecule has 2 aromatic rings. The zero-order valence-electron chi connectivity index (χ0n) is 11.0. The molecule has 1 aromatic carbocycles. The summed E-state index contributed by atoms with van der Waals surface area (Å²) in [5.74, 6) is 0.928. The first kappa shape index (κ1) is 12.5. The summed E-state index contributed by atoms with van der Waals surface area (Å²) < 4.78 is 0. The van der Waals surface area contributed by atoms with E-state index in [1.165, 1.54) is 19.3 Å². The molecule has 1 fully saturated rings. The Morgan fingerprint density at radius 2 is 2.21 bits per heavy atom. The third-order valence-electron chi connectivity index (χ3n) is 3.72. The molecule has 4 nitrogen and oxygen atoms in total. The summed E-state index contributed by atoms with van der Waals surface area (Å²) in [5.41, 5.74) is 7.43. The highest BCUT2D eigenvalue weighted by molar-refractivity contribution is 7.99. The molecule has 100 valence electrons. The van der Waals surface area contributed by atoms with Crippen LogP contribution >= 0.6 is 11.8 Å². The van der Waals surface area contributed by atoms with E-state index in [1.54, 1.807) is 6.33 Å². The number of hydrogen-bond acceptors (Lipinski definition) is 5. The molecule has 2 atom stereocenters. The van der Waals surface area contributed by atoms with Crippen LogP contribution in [0.5, 0.6) is 0 Å². The second-order valence-corrected chi connectivity index (χ2v) is 6.15. The van der Waals surface area contributed by atoms with Crippen LogP contribution in [0, 0.1) is 0 Å². The lowest BCUT2D eigenvalue weighted by Crippen LogP contribution is -2.17. The molecule has 19 heavy (non-hydrogen) atoms. The minimum atomic E-state index is 0.521. The second-order valence-electron chi connectivity index (χ2n) is 5.01. The molecule has 0 amide bonds. The number of nitrogens with zero attached hydrogens (tertiary/aromatic N) is 2. The van der Waals surface area contributed by atoms with Crippen LogP contribution in [0.3, 0.4) is 0 Å². The van der Waals surface area contributed by atoms with Crippen molar-refractivity contribution in [2.24, 2.45) is 0 Å². The van der Waals surface area contributed by atoms with Crippen molar-refractivity contribution in [1.82, 2.24) is 9.97 Å². The number of nitrogens with one attached hydrogen (secondary N) is 1. The van der Waals surface area contributed by atoms with E-state index in [9.17, 15) is 0 Å². The Bertz CT molecular complexity index is 587. The molecule has 5 heteroatoms. The summed E-state index contributed by atoms with van der Waals surface area (Å²) in [7, 11) is 0. The van der Waals surface area contributed by atoms with Crippen LogP contribution in [0.4, 0.5) is 11.5 Å². The molecule has 1 saturated carbocycles. The van der Waals surface area contributed by atoms with Gasteiger partial charge in [0, 0.05) is 22.4 Å². The van der Waals surface area contributed by atoms with Gasteiger partial charge in [-0.3, -0.25) is 0 Å². The zero-order valence-corrected chi connectivity index (χ0v) is 11.8. The van der Waals surface area contributed by atoms with Gasteiger partial charge in [-0.2, -0.15) is 11.8 Å². The predicted octanol–water partition coefficient (Wildman–Crippen LogP) is 2.91. The molecule has 1 heterocycles. The lowest BCUT2D eigenvalue weighted by Gasteiger charge is -2.15. The first-order chi connectivity index (χ1) is 9.26. The minimum absolute atomic E-state index is 0.521. The monoisotopic (exact) mass is 274 g/mol. The fourth-order valence-corrected chi connectivity index (χ4v) is 3.46. The lowest BCUT2D eigenvalue weighted by molar-refractivity contribution is 0.753. The number of fused-ring (bicyclic) bond motifs is 1. The summed E-state index contributed by atoms with van der Waals surface area (Å²) >= 11 is 1.96. The maximum absolute atomic E-state index is 5.79. The minimum Gasteiger partial charge on any atom is -0.399 e. The van der Waals surface area contributed by atoms with Gasteiger partial charge in [-0.1, -0.05) is 0 Å². The van der Waals surface area contributed by atoms with Gasteiger partial charge in [0.1, 0.15) is 12.1 Å². The van der Waals surface area contributed by atoms with E-state index in [2.05, 4.69) is 21.5 Å². The normalized spacial score (nSPS) is 22.8. The Morgan fingerprint density at radius 3 is 3.00 bits per heavy atom. The van der Waals surface area contributed by atoms with Gasteiger partial charge in [-0.25, -0.2) is 9.97 Å². The Hall–Kier alpha value is -1.49. The smallest absolute Gasteiger partial charge is 0.137 e. The molecule has 0 spiro atoms. The first-order valence-electron chi connectivity index (χ1n) is 6.56. The van der Waals surface area contributed by atoms with Crippen LogP contribution < -0.4 is 11.1 Å². The molecule has 0 radical (unpaired) electrons. The van der Waals surface area contributed by atoms with Crippen LogP contribution in [0.15, 0.2) is 24.5 Å². The van der Waals surface area contributed by atoms with Gasteiger partial charge >= 0.3 is 0 Å². The van der Waals surface area contributed by atoms with E-state index in [-0.39, 0.29) is 0 Å². The van der Waals surface area contributed by atoms with E-state index < -0.39 is 0 Å². The highest BCUT2D eigenvalue weighted by Gasteiger charge is 2.24. The van der Waals surface area contributed by atoms with Crippen molar-refractivity contribution in [3.63, 3.8) is 0 Å². The Balaban J connectivity index is 1.85. The number of aromatic nitrogens is 2. The molecule has 3 N–H and O–H groups in total. The van der Waals surface area contributed by atoms with Crippen molar-refractivity contribution in [2.75, 3.05) is 17.3 Å². The van der Waals surface area contributed by atoms with Gasteiger partial charge < -0.3 is 11.1 Å². The van der Waals surface area contributed by atoms with E-state index in [0.29, 0.717) is 6.04 Å². The van der Waals surface area contributed by atoms with Crippen LogP contribution in [0.2, 0.25) is 0 Å². The summed E-state index contributed by atoms with van der Waals surface area (Å²) in [4.78, 5) is 8.65. The number of nitrogen functional groups attached to an aromatic ring is 1. The van der Waals surface area contributed by atoms with Crippen molar-refractivity contribution in [1.29, 1.82) is 0 Å². The Labute approximate surface area is 117 Å². The van der Waals surface area contributed by atoms with E-state index in [4.69, 9.17) is 5.73 Å². The van der Waals surface area contributed by atoms with Gasteiger partial charge in [-0.15, -0.1) is 0 Å². The fourth-order valence-electron chi connectivity index (χ4n) is 2.67. The molecule has 0 aliphatic heterocycles. The SMILES string of the molecule is CSC1CCC(Nc2ncnc3cc(N)ccc23)C1. The molecule has 3 rings (SSSR count). The Morgan fingerprint density at radius 1 is 1.32 bits per heavy atom. The Kier molecular flexibility index (Phi) is 3.46. The summed E-state index contributed by atoms with van der Waals surface area (Å²) in [6.07, 6.45) is 7.50. The first-order valence-corrected chi connectivity index (χ1v) is 7.84. The average Bonchev–Trinajstić information content (AvgIpc) is 2.86. The van der Waals surface area contributed by atoms with E-state index >= 15 is 0 Å². The lowest BCUT2D eigenvalue weighted by atomic mass is 10.2. The van der Waals surface area contributed by atoms with Gasteiger partial charge in [0.05, 0.1) is 5.52 Å². The third kappa shape index (κ3) is 2.61. The predicted molar refractivity (Wildman–Crippen MR) is 82.5 cm³/mol. The topological polar surface area (TPSA) is 63.8 Å². The molecule has 0 saturated heterocycles. The number of hydrogen-bond donors (Lipinski definition) is 2. The highest BCUT2D eigenvalue weighted by atomic mass is 32.2. The maximum Gasteiger partial charge on any atom is 0.137 e. The molecule has 1 aromatic heterocycles. The third-order valence-corrected chi connectivity index (χ3v) is 4.81. The number of benzene rings is 1. The van der Waals surface area contributed by atoms with Crippen LogP contribution in [-0.4, -0.2) is 27.5 Å². The van der Waals surface area contributed by atoms with E-state index in [1.807, 2.05) is 30.0 Å². The number of nitrogens with two attached hydrogens (primary N) is 1. The van der Waals surface area contributed by atoms with Gasteiger partial charge in [0.2, 0.25) is 0 Å². The molecule has 0 bridgehead atoms. The second kappa shape index (κ2) is 5.25. The maximum atomic E-state index is 5.79. The summed E-state index contributed by atoms with van der Waals surface area (Å²) in [6, 6.07) is 6.30. The van der Waals surface area contributed by atoms with Crippen molar-refractivity contribution in [2.45, 2.75) is 30.6 Å². The summed E-state index contributed by atoms with van der Waals surface area (Å²) in [6.45, 7) is 0. The van der Waals surface area contributed by atoms with Gasteiger partial charge in [0.25, 0.3) is 0 Å². The average molecular weight is 274 g/mol. The summed E-state index contributed by atoms with van der Waals surface area (Å²) in [5, 5.41) is 5.39. The number of rotatable bonds is 3. The zero-order chi connectivity index (χ0) is 13.2. The number of anilines is 2. The number of thioether (sulfide) groups is 1. The molecule has 2 unspecified atom stereocenters. The van der Waals surface area contributed by atoms with Crippen molar-refractivity contribution < 1.29 is 0 Å². The largest absolute Gasteiger partial charge is 0.399 e. The van der Waals surface area contributed by atoms with Crippen molar-refractivity contribution in [3.8, 4) is 0 Å². The quantitative estimate of drug-likeness (QED) is 0.843. The molecule has 1 aliphatic rings. The van der Waals surface area contributed by atoms with Gasteiger partial charge in [-0.05, 0) is 43.7 Å². The van der Waals surface area contributed by atoms with Gasteiger partial charge in [0.15, 0.2) is 0 Å². The van der Waals surface area contributed by atoms with Crippen LogP contribution in [0.25, 0.3) is 10.9 Å².